The Hall–Kier alpha value is -1.36. The number of benzene rings is 2. The lowest BCUT2D eigenvalue weighted by Gasteiger charge is -2.17. The van der Waals surface area contributed by atoms with Crippen LogP contribution in [0.15, 0.2) is 53.4 Å². The Morgan fingerprint density at radius 1 is 1.15 bits per heavy atom. The van der Waals surface area contributed by atoms with E-state index in [9.17, 15) is 4.39 Å². The lowest BCUT2D eigenvalue weighted by molar-refractivity contribution is 0.529. The van der Waals surface area contributed by atoms with Crippen LogP contribution in [-0.2, 0) is 6.42 Å². The molecule has 1 unspecified atom stereocenters. The average molecular weight is 290 g/mol. The first-order chi connectivity index (χ1) is 9.74. The highest BCUT2D eigenvalue weighted by Gasteiger charge is 2.12. The average Bonchev–Trinajstić information content (AvgIpc) is 2.48. The molecule has 0 heterocycles. The second-order valence-electron chi connectivity index (χ2n) is 4.52. The summed E-state index contributed by atoms with van der Waals surface area (Å²) in [5, 5.41) is 0. The van der Waals surface area contributed by atoms with Gasteiger partial charge < -0.3 is 0 Å². The summed E-state index contributed by atoms with van der Waals surface area (Å²) in [6.07, 6.45) is 0.531. The summed E-state index contributed by atoms with van der Waals surface area (Å²) in [5.74, 6) is 6.48. The van der Waals surface area contributed by atoms with Gasteiger partial charge in [-0.1, -0.05) is 37.3 Å². The number of hydrogen-bond acceptors (Lipinski definition) is 3. The Bertz CT molecular complexity index is 542. The molecular formula is C16H19FN2S. The van der Waals surface area contributed by atoms with Gasteiger partial charge in [-0.3, -0.25) is 11.3 Å². The zero-order valence-corrected chi connectivity index (χ0v) is 12.3. The Kier molecular flexibility index (Phi) is 5.59. The first kappa shape index (κ1) is 15.0. The minimum Gasteiger partial charge on any atom is -0.271 e. The normalized spacial score (nSPS) is 12.3. The molecule has 0 fully saturated rings. The molecule has 2 aromatic carbocycles. The third-order valence-electron chi connectivity index (χ3n) is 3.18. The Balaban J connectivity index is 2.13. The lowest BCUT2D eigenvalue weighted by atomic mass is 9.99. The van der Waals surface area contributed by atoms with Crippen molar-refractivity contribution in [3.8, 4) is 0 Å². The first-order valence-electron chi connectivity index (χ1n) is 6.67. The van der Waals surface area contributed by atoms with Crippen molar-refractivity contribution in [3.05, 3.63) is 65.5 Å². The van der Waals surface area contributed by atoms with Crippen molar-refractivity contribution in [1.29, 1.82) is 0 Å². The van der Waals surface area contributed by atoms with Crippen molar-refractivity contribution in [3.63, 3.8) is 0 Å². The van der Waals surface area contributed by atoms with Crippen LogP contribution < -0.4 is 11.3 Å². The summed E-state index contributed by atoms with van der Waals surface area (Å²) in [6.45, 7) is 2.13. The topological polar surface area (TPSA) is 38.0 Å². The highest BCUT2D eigenvalue weighted by molar-refractivity contribution is 7.99. The van der Waals surface area contributed by atoms with Crippen LogP contribution in [0.25, 0.3) is 0 Å². The van der Waals surface area contributed by atoms with Gasteiger partial charge in [0.1, 0.15) is 5.82 Å². The number of nitrogens with two attached hydrogens (primary N) is 1. The van der Waals surface area contributed by atoms with Crippen LogP contribution in [0.2, 0.25) is 0 Å². The quantitative estimate of drug-likeness (QED) is 0.484. The van der Waals surface area contributed by atoms with Gasteiger partial charge in [-0.05, 0) is 41.5 Å². The maximum atomic E-state index is 13.7. The van der Waals surface area contributed by atoms with Crippen LogP contribution >= 0.6 is 11.8 Å². The van der Waals surface area contributed by atoms with Gasteiger partial charge in [0.2, 0.25) is 0 Å². The SMILES string of the molecule is CCSc1ccc(C(Cc2ccccc2F)NN)cc1. The summed E-state index contributed by atoms with van der Waals surface area (Å²) >= 11 is 1.80. The molecule has 20 heavy (non-hydrogen) atoms. The minimum absolute atomic E-state index is 0.0902. The highest BCUT2D eigenvalue weighted by atomic mass is 32.2. The van der Waals surface area contributed by atoms with Crippen LogP contribution in [0, 0.1) is 5.82 Å². The van der Waals surface area contributed by atoms with Gasteiger partial charge in [-0.2, -0.15) is 0 Å². The highest BCUT2D eigenvalue weighted by Crippen LogP contribution is 2.23. The predicted molar refractivity (Wildman–Crippen MR) is 83.0 cm³/mol. The van der Waals surface area contributed by atoms with Crippen LogP contribution in [0.5, 0.6) is 0 Å². The lowest BCUT2D eigenvalue weighted by Crippen LogP contribution is -2.29. The molecule has 0 radical (unpaired) electrons. The standard InChI is InChI=1S/C16H19FN2S/c1-2-20-14-9-7-12(8-10-14)16(19-18)11-13-5-3-4-6-15(13)17/h3-10,16,19H,2,11,18H2,1H3. The van der Waals surface area contributed by atoms with Gasteiger partial charge in [0.05, 0.1) is 6.04 Å². The van der Waals surface area contributed by atoms with E-state index in [-0.39, 0.29) is 11.9 Å². The van der Waals surface area contributed by atoms with E-state index >= 15 is 0 Å². The van der Waals surface area contributed by atoms with E-state index in [1.165, 1.54) is 11.0 Å². The Morgan fingerprint density at radius 2 is 1.85 bits per heavy atom. The molecule has 1 atom stereocenters. The minimum atomic E-state index is -0.189. The predicted octanol–water partition coefficient (Wildman–Crippen LogP) is 3.68. The zero-order valence-electron chi connectivity index (χ0n) is 11.5. The smallest absolute Gasteiger partial charge is 0.126 e. The monoisotopic (exact) mass is 290 g/mol. The molecule has 0 spiro atoms. The van der Waals surface area contributed by atoms with E-state index in [0.717, 1.165) is 11.3 Å². The Morgan fingerprint density at radius 3 is 2.45 bits per heavy atom. The largest absolute Gasteiger partial charge is 0.271 e. The maximum Gasteiger partial charge on any atom is 0.126 e. The molecule has 0 aliphatic carbocycles. The van der Waals surface area contributed by atoms with Crippen LogP contribution in [0.1, 0.15) is 24.1 Å². The number of rotatable bonds is 6. The van der Waals surface area contributed by atoms with Crippen LogP contribution in [-0.4, -0.2) is 5.75 Å². The second kappa shape index (κ2) is 7.43. The fourth-order valence-corrected chi connectivity index (χ4v) is 2.78. The van der Waals surface area contributed by atoms with E-state index in [1.54, 1.807) is 23.9 Å². The molecule has 2 rings (SSSR count). The number of hydrazine groups is 1. The molecule has 4 heteroatoms. The van der Waals surface area contributed by atoms with Crippen LogP contribution in [0.3, 0.4) is 0 Å². The van der Waals surface area contributed by atoms with Gasteiger partial charge in [0.15, 0.2) is 0 Å². The van der Waals surface area contributed by atoms with Crippen molar-refractivity contribution in [2.24, 2.45) is 5.84 Å². The maximum absolute atomic E-state index is 13.7. The molecular weight excluding hydrogens is 271 g/mol. The summed E-state index contributed by atoms with van der Waals surface area (Å²) in [5.41, 5.74) is 4.51. The number of hydrogen-bond donors (Lipinski definition) is 2. The second-order valence-corrected chi connectivity index (χ2v) is 5.85. The summed E-state index contributed by atoms with van der Waals surface area (Å²) in [7, 11) is 0. The molecule has 0 aliphatic rings. The van der Waals surface area contributed by atoms with E-state index in [4.69, 9.17) is 5.84 Å². The number of thioether (sulfide) groups is 1. The fraction of sp³-hybridized carbons (Fsp3) is 0.250. The third kappa shape index (κ3) is 3.82. The molecule has 0 aliphatic heterocycles. The van der Waals surface area contributed by atoms with Crippen LogP contribution in [0.4, 0.5) is 4.39 Å². The van der Waals surface area contributed by atoms with Crippen molar-refractivity contribution < 1.29 is 4.39 Å². The van der Waals surface area contributed by atoms with Gasteiger partial charge >= 0.3 is 0 Å². The first-order valence-corrected chi connectivity index (χ1v) is 7.65. The van der Waals surface area contributed by atoms with E-state index in [1.807, 2.05) is 18.2 Å². The van der Waals surface area contributed by atoms with E-state index in [0.29, 0.717) is 12.0 Å². The summed E-state index contributed by atoms with van der Waals surface area (Å²) in [6, 6.07) is 15.0. The Labute approximate surface area is 123 Å². The van der Waals surface area contributed by atoms with E-state index in [2.05, 4.69) is 24.5 Å². The molecule has 0 saturated carbocycles. The molecule has 3 N–H and O–H groups in total. The van der Waals surface area contributed by atoms with Crippen molar-refractivity contribution in [2.45, 2.75) is 24.3 Å². The summed E-state index contributed by atoms with van der Waals surface area (Å²) in [4.78, 5) is 1.23. The molecule has 0 bridgehead atoms. The molecule has 2 nitrogen and oxygen atoms in total. The molecule has 0 aromatic heterocycles. The summed E-state index contributed by atoms with van der Waals surface area (Å²) < 4.78 is 13.7. The third-order valence-corrected chi connectivity index (χ3v) is 4.07. The van der Waals surface area contributed by atoms with E-state index < -0.39 is 0 Å². The van der Waals surface area contributed by atoms with Crippen molar-refractivity contribution >= 4 is 11.8 Å². The van der Waals surface area contributed by atoms with Crippen molar-refractivity contribution in [2.75, 3.05) is 5.75 Å². The van der Waals surface area contributed by atoms with Gasteiger partial charge in [0, 0.05) is 4.90 Å². The molecule has 0 saturated heterocycles. The zero-order chi connectivity index (χ0) is 14.4. The van der Waals surface area contributed by atoms with Gasteiger partial charge in [0.25, 0.3) is 0 Å². The van der Waals surface area contributed by atoms with Gasteiger partial charge in [-0.25, -0.2) is 4.39 Å². The molecule has 2 aromatic rings. The molecule has 0 amide bonds. The van der Waals surface area contributed by atoms with Crippen molar-refractivity contribution in [1.82, 2.24) is 5.43 Å². The van der Waals surface area contributed by atoms with Gasteiger partial charge in [-0.15, -0.1) is 11.8 Å². The fourth-order valence-electron chi connectivity index (χ4n) is 2.12. The number of nitrogens with one attached hydrogen (secondary N) is 1. The molecule has 106 valence electrons. The number of halogens is 1.